The van der Waals surface area contributed by atoms with Gasteiger partial charge in [0.1, 0.15) is 5.69 Å². The van der Waals surface area contributed by atoms with Crippen molar-refractivity contribution in [2.24, 2.45) is 5.92 Å². The number of thiazole rings is 1. The summed E-state index contributed by atoms with van der Waals surface area (Å²) in [7, 11) is 1.37. The van der Waals surface area contributed by atoms with Crippen LogP contribution in [0, 0.1) is 5.92 Å². The van der Waals surface area contributed by atoms with Gasteiger partial charge in [0, 0.05) is 22.0 Å². The summed E-state index contributed by atoms with van der Waals surface area (Å²) in [6.45, 7) is 4.43. The number of benzene rings is 2. The number of hydrogen-bond acceptors (Lipinski definition) is 5. The van der Waals surface area contributed by atoms with E-state index in [9.17, 15) is 4.79 Å². The summed E-state index contributed by atoms with van der Waals surface area (Å²) >= 11 is 7.85. The van der Waals surface area contributed by atoms with Crippen LogP contribution in [-0.4, -0.2) is 32.6 Å². The summed E-state index contributed by atoms with van der Waals surface area (Å²) in [5.41, 5.74) is 5.07. The van der Waals surface area contributed by atoms with Crippen molar-refractivity contribution in [3.63, 3.8) is 0 Å². The van der Waals surface area contributed by atoms with E-state index in [1.165, 1.54) is 18.1 Å². The first kappa shape index (κ1) is 20.7. The first-order chi connectivity index (χ1) is 15.4. The van der Waals surface area contributed by atoms with Crippen molar-refractivity contribution in [1.82, 2.24) is 19.5 Å². The molecule has 8 heteroatoms. The van der Waals surface area contributed by atoms with Gasteiger partial charge < -0.3 is 9.72 Å². The fourth-order valence-electron chi connectivity index (χ4n) is 3.89. The maximum atomic E-state index is 11.8. The number of aromatic amines is 1. The Bertz CT molecular complexity index is 1460. The Kier molecular flexibility index (Phi) is 5.23. The molecule has 0 radical (unpaired) electrons. The van der Waals surface area contributed by atoms with E-state index in [-0.39, 0.29) is 5.97 Å². The molecule has 0 aliphatic heterocycles. The molecular formula is C24H21ClN4O2S. The fraction of sp³-hybridized carbons (Fsp3) is 0.208. The minimum atomic E-state index is -0.380. The number of aromatic nitrogens is 4. The van der Waals surface area contributed by atoms with Gasteiger partial charge in [0.05, 0.1) is 29.2 Å². The van der Waals surface area contributed by atoms with Gasteiger partial charge in [-0.2, -0.15) is 0 Å². The lowest BCUT2D eigenvalue weighted by Gasteiger charge is -2.02. The zero-order valence-electron chi connectivity index (χ0n) is 17.8. The molecule has 0 spiro atoms. The molecular weight excluding hydrogens is 444 g/mol. The first-order valence-electron chi connectivity index (χ1n) is 10.3. The molecule has 3 heterocycles. The smallest absolute Gasteiger partial charge is 0.337 e. The topological polar surface area (TPSA) is 72.8 Å². The Hall–Kier alpha value is -3.16. The SMILES string of the molecule is COC(=O)c1ccc2nc(-c3csc(-n4cc(CC(C)C)c5ccc(Cl)cc54)n3)[nH]c2c1. The van der Waals surface area contributed by atoms with Crippen molar-refractivity contribution in [3.05, 3.63) is 64.1 Å². The first-order valence-corrected chi connectivity index (χ1v) is 11.5. The number of nitrogens with one attached hydrogen (secondary N) is 1. The van der Waals surface area contributed by atoms with E-state index in [2.05, 4.69) is 40.6 Å². The van der Waals surface area contributed by atoms with Gasteiger partial charge in [-0.25, -0.2) is 14.8 Å². The molecule has 1 N–H and O–H groups in total. The van der Waals surface area contributed by atoms with Crippen molar-refractivity contribution in [1.29, 1.82) is 0 Å². The molecule has 0 aliphatic carbocycles. The van der Waals surface area contributed by atoms with E-state index >= 15 is 0 Å². The average molecular weight is 465 g/mol. The van der Waals surface area contributed by atoms with Crippen molar-refractivity contribution >= 4 is 50.8 Å². The summed E-state index contributed by atoms with van der Waals surface area (Å²) in [6.07, 6.45) is 3.14. The lowest BCUT2D eigenvalue weighted by Crippen LogP contribution is -2.00. The summed E-state index contributed by atoms with van der Waals surface area (Å²) in [4.78, 5) is 24.6. The van der Waals surface area contributed by atoms with Crippen LogP contribution in [0.25, 0.3) is 38.6 Å². The summed E-state index contributed by atoms with van der Waals surface area (Å²) in [6, 6.07) is 11.2. The highest BCUT2D eigenvalue weighted by molar-refractivity contribution is 7.12. The van der Waals surface area contributed by atoms with Crippen molar-refractivity contribution in [3.8, 4) is 16.6 Å². The Morgan fingerprint density at radius 2 is 2.06 bits per heavy atom. The van der Waals surface area contributed by atoms with E-state index in [1.54, 1.807) is 29.5 Å². The molecule has 0 bridgehead atoms. The molecule has 0 aliphatic rings. The van der Waals surface area contributed by atoms with E-state index in [4.69, 9.17) is 21.3 Å². The maximum absolute atomic E-state index is 11.8. The Morgan fingerprint density at radius 1 is 1.22 bits per heavy atom. The maximum Gasteiger partial charge on any atom is 0.337 e. The minimum Gasteiger partial charge on any atom is -0.465 e. The molecule has 162 valence electrons. The summed E-state index contributed by atoms with van der Waals surface area (Å²) in [5, 5.41) is 4.72. The van der Waals surface area contributed by atoms with Crippen LogP contribution in [0.2, 0.25) is 5.02 Å². The van der Waals surface area contributed by atoms with Gasteiger partial charge in [0.2, 0.25) is 0 Å². The normalized spacial score (nSPS) is 11.7. The van der Waals surface area contributed by atoms with E-state index < -0.39 is 0 Å². The number of ether oxygens (including phenoxy) is 1. The van der Waals surface area contributed by atoms with Crippen LogP contribution in [0.15, 0.2) is 48.0 Å². The van der Waals surface area contributed by atoms with Crippen LogP contribution >= 0.6 is 22.9 Å². The van der Waals surface area contributed by atoms with Crippen LogP contribution in [0.5, 0.6) is 0 Å². The number of fused-ring (bicyclic) bond motifs is 2. The second-order valence-electron chi connectivity index (χ2n) is 8.11. The van der Waals surface area contributed by atoms with E-state index in [1.807, 2.05) is 17.5 Å². The number of methoxy groups -OCH3 is 1. The zero-order chi connectivity index (χ0) is 22.4. The second kappa shape index (κ2) is 8.07. The molecule has 5 rings (SSSR count). The van der Waals surface area contributed by atoms with Gasteiger partial charge in [-0.1, -0.05) is 31.5 Å². The average Bonchev–Trinajstić information content (AvgIpc) is 3.48. The van der Waals surface area contributed by atoms with Gasteiger partial charge in [-0.05, 0) is 48.2 Å². The Morgan fingerprint density at radius 3 is 2.84 bits per heavy atom. The standard InChI is InChI=1S/C24H21ClN4O2S/c1-13(2)8-15-11-29(21-10-16(25)5-6-17(15)21)24-28-20(12-32-24)22-26-18-7-4-14(23(30)31-3)9-19(18)27-22/h4-7,9-13H,8H2,1-3H3,(H,26,27). The van der Waals surface area contributed by atoms with Crippen LogP contribution in [0.1, 0.15) is 29.8 Å². The Balaban J connectivity index is 1.56. The van der Waals surface area contributed by atoms with Gasteiger partial charge in [-0.3, -0.25) is 4.57 Å². The number of imidazole rings is 1. The number of carbonyl (C=O) groups excluding carboxylic acids is 1. The summed E-state index contributed by atoms with van der Waals surface area (Å²) < 4.78 is 6.90. The third-order valence-corrected chi connectivity index (χ3v) is 6.40. The summed E-state index contributed by atoms with van der Waals surface area (Å²) in [5.74, 6) is 0.817. The molecule has 6 nitrogen and oxygen atoms in total. The van der Waals surface area contributed by atoms with Gasteiger partial charge in [-0.15, -0.1) is 11.3 Å². The van der Waals surface area contributed by atoms with Gasteiger partial charge in [0.15, 0.2) is 11.0 Å². The van der Waals surface area contributed by atoms with Gasteiger partial charge in [0.25, 0.3) is 0 Å². The number of esters is 1. The quantitative estimate of drug-likeness (QED) is 0.311. The highest BCUT2D eigenvalue weighted by Gasteiger charge is 2.16. The third-order valence-electron chi connectivity index (χ3n) is 5.32. The molecule has 3 aromatic heterocycles. The zero-order valence-corrected chi connectivity index (χ0v) is 19.4. The number of carbonyl (C=O) groups is 1. The largest absolute Gasteiger partial charge is 0.465 e. The predicted molar refractivity (Wildman–Crippen MR) is 129 cm³/mol. The number of hydrogen-bond donors (Lipinski definition) is 1. The predicted octanol–water partition coefficient (Wildman–Crippen LogP) is 6.27. The lowest BCUT2D eigenvalue weighted by atomic mass is 10.0. The number of H-pyrrole nitrogens is 1. The van der Waals surface area contributed by atoms with Gasteiger partial charge >= 0.3 is 5.97 Å². The highest BCUT2D eigenvalue weighted by atomic mass is 35.5. The van der Waals surface area contributed by atoms with Crippen molar-refractivity contribution < 1.29 is 9.53 Å². The fourth-order valence-corrected chi connectivity index (χ4v) is 4.85. The van der Waals surface area contributed by atoms with Crippen LogP contribution in [0.4, 0.5) is 0 Å². The van der Waals surface area contributed by atoms with Crippen molar-refractivity contribution in [2.75, 3.05) is 7.11 Å². The van der Waals surface area contributed by atoms with E-state index in [0.29, 0.717) is 22.3 Å². The monoisotopic (exact) mass is 464 g/mol. The molecule has 0 amide bonds. The second-order valence-corrected chi connectivity index (χ2v) is 9.38. The van der Waals surface area contributed by atoms with Crippen LogP contribution in [0.3, 0.4) is 0 Å². The lowest BCUT2D eigenvalue weighted by molar-refractivity contribution is 0.0601. The highest BCUT2D eigenvalue weighted by Crippen LogP contribution is 2.32. The molecule has 0 saturated carbocycles. The molecule has 5 aromatic rings. The van der Waals surface area contributed by atoms with Crippen LogP contribution in [-0.2, 0) is 11.2 Å². The molecule has 0 unspecified atom stereocenters. The molecule has 0 atom stereocenters. The number of halogens is 1. The van der Waals surface area contributed by atoms with Crippen LogP contribution < -0.4 is 0 Å². The Labute approximate surface area is 193 Å². The van der Waals surface area contributed by atoms with E-state index in [0.717, 1.165) is 33.8 Å². The number of nitrogens with zero attached hydrogens (tertiary/aromatic N) is 3. The van der Waals surface area contributed by atoms with Crippen molar-refractivity contribution in [2.45, 2.75) is 20.3 Å². The molecule has 2 aromatic carbocycles. The molecule has 0 fully saturated rings. The number of rotatable bonds is 5. The minimum absolute atomic E-state index is 0.380. The molecule has 0 saturated heterocycles. The molecule has 32 heavy (non-hydrogen) atoms. The third kappa shape index (κ3) is 3.67.